The van der Waals surface area contributed by atoms with Gasteiger partial charge in [0, 0.05) is 11.1 Å². The SMILES string of the molecule is Nc1ccc(Cl)cc1S(=O)(=O)N[C@@H]1CCCC[C@H]1O. The van der Waals surface area contributed by atoms with Crippen LogP contribution in [-0.2, 0) is 10.0 Å². The summed E-state index contributed by atoms with van der Waals surface area (Å²) in [6.45, 7) is 0. The first-order chi connectivity index (χ1) is 8.90. The molecule has 1 aromatic carbocycles. The maximum Gasteiger partial charge on any atom is 0.243 e. The Morgan fingerprint density at radius 1 is 1.32 bits per heavy atom. The number of hydrogen-bond donors (Lipinski definition) is 3. The second-order valence-corrected chi connectivity index (χ2v) is 6.88. The number of hydrogen-bond acceptors (Lipinski definition) is 4. The average molecular weight is 305 g/mol. The van der Waals surface area contributed by atoms with E-state index in [4.69, 9.17) is 17.3 Å². The highest BCUT2D eigenvalue weighted by molar-refractivity contribution is 7.89. The van der Waals surface area contributed by atoms with Crippen LogP contribution < -0.4 is 10.5 Å². The zero-order valence-corrected chi connectivity index (χ0v) is 11.9. The number of anilines is 1. The lowest BCUT2D eigenvalue weighted by Crippen LogP contribution is -2.45. The van der Waals surface area contributed by atoms with Crippen LogP contribution in [0.4, 0.5) is 5.69 Å². The fourth-order valence-corrected chi connectivity index (χ4v) is 3.95. The Morgan fingerprint density at radius 2 is 2.00 bits per heavy atom. The molecule has 0 unspecified atom stereocenters. The van der Waals surface area contributed by atoms with Crippen LogP contribution in [0.5, 0.6) is 0 Å². The number of aliphatic hydroxyl groups excluding tert-OH is 1. The van der Waals surface area contributed by atoms with Crippen molar-refractivity contribution in [3.05, 3.63) is 23.2 Å². The molecule has 106 valence electrons. The van der Waals surface area contributed by atoms with Crippen molar-refractivity contribution in [3.63, 3.8) is 0 Å². The highest BCUT2D eigenvalue weighted by atomic mass is 35.5. The number of rotatable bonds is 3. The van der Waals surface area contributed by atoms with Gasteiger partial charge in [0.05, 0.1) is 11.8 Å². The lowest BCUT2D eigenvalue weighted by molar-refractivity contribution is 0.101. The molecule has 0 heterocycles. The predicted molar refractivity (Wildman–Crippen MR) is 74.4 cm³/mol. The fraction of sp³-hybridized carbons (Fsp3) is 0.500. The summed E-state index contributed by atoms with van der Waals surface area (Å²) in [5.74, 6) is 0. The van der Waals surface area contributed by atoms with Gasteiger partial charge in [-0.3, -0.25) is 0 Å². The molecule has 2 atom stereocenters. The number of halogens is 1. The van der Waals surface area contributed by atoms with Gasteiger partial charge in [-0.25, -0.2) is 13.1 Å². The molecule has 0 amide bonds. The van der Waals surface area contributed by atoms with E-state index in [1.54, 1.807) is 0 Å². The monoisotopic (exact) mass is 304 g/mol. The lowest BCUT2D eigenvalue weighted by atomic mass is 9.93. The first-order valence-corrected chi connectivity index (χ1v) is 8.02. The quantitative estimate of drug-likeness (QED) is 0.738. The Bertz CT molecular complexity index is 562. The van der Waals surface area contributed by atoms with Crippen LogP contribution in [0.25, 0.3) is 0 Å². The number of nitrogens with one attached hydrogen (secondary N) is 1. The topological polar surface area (TPSA) is 92.4 Å². The molecule has 5 nitrogen and oxygen atoms in total. The zero-order valence-electron chi connectivity index (χ0n) is 10.3. The first-order valence-electron chi connectivity index (χ1n) is 6.15. The molecule has 1 aliphatic carbocycles. The molecule has 0 spiro atoms. The van der Waals surface area contributed by atoms with Crippen molar-refractivity contribution in [1.29, 1.82) is 0 Å². The van der Waals surface area contributed by atoms with Crippen LogP contribution in [0.1, 0.15) is 25.7 Å². The maximum absolute atomic E-state index is 12.3. The van der Waals surface area contributed by atoms with Gasteiger partial charge < -0.3 is 10.8 Å². The Labute approximate surface area is 117 Å². The van der Waals surface area contributed by atoms with E-state index in [1.807, 2.05) is 0 Å². The van der Waals surface area contributed by atoms with Gasteiger partial charge in [-0.15, -0.1) is 0 Å². The van der Waals surface area contributed by atoms with E-state index in [2.05, 4.69) is 4.72 Å². The maximum atomic E-state index is 12.3. The molecule has 4 N–H and O–H groups in total. The number of benzene rings is 1. The zero-order chi connectivity index (χ0) is 14.0. The Morgan fingerprint density at radius 3 is 2.68 bits per heavy atom. The average Bonchev–Trinajstić information content (AvgIpc) is 2.35. The van der Waals surface area contributed by atoms with Crippen molar-refractivity contribution < 1.29 is 13.5 Å². The molecular weight excluding hydrogens is 288 g/mol. The summed E-state index contributed by atoms with van der Waals surface area (Å²) in [7, 11) is -3.77. The van der Waals surface area contributed by atoms with E-state index in [9.17, 15) is 13.5 Å². The smallest absolute Gasteiger partial charge is 0.243 e. The highest BCUT2D eigenvalue weighted by Gasteiger charge is 2.29. The van der Waals surface area contributed by atoms with Crippen LogP contribution in [0, 0.1) is 0 Å². The van der Waals surface area contributed by atoms with E-state index in [0.29, 0.717) is 17.9 Å². The Hall–Kier alpha value is -0.820. The standard InChI is InChI=1S/C12H17ClN2O3S/c13-8-5-6-9(14)12(7-8)19(17,18)15-10-3-1-2-4-11(10)16/h5-7,10-11,15-16H,1-4,14H2/t10-,11-/m1/s1. The van der Waals surface area contributed by atoms with Crippen LogP contribution in [0.2, 0.25) is 5.02 Å². The second-order valence-electron chi connectivity index (χ2n) is 4.76. The molecule has 1 aliphatic rings. The minimum Gasteiger partial charge on any atom is -0.398 e. The van der Waals surface area contributed by atoms with Crippen molar-refractivity contribution in [2.24, 2.45) is 0 Å². The molecular formula is C12H17ClN2O3S. The van der Waals surface area contributed by atoms with Crippen molar-refractivity contribution >= 4 is 27.3 Å². The second kappa shape index (κ2) is 5.66. The van der Waals surface area contributed by atoms with Crippen molar-refractivity contribution in [3.8, 4) is 0 Å². The molecule has 1 aromatic rings. The molecule has 7 heteroatoms. The van der Waals surface area contributed by atoms with Crippen LogP contribution >= 0.6 is 11.6 Å². The van der Waals surface area contributed by atoms with E-state index >= 15 is 0 Å². The molecule has 0 radical (unpaired) electrons. The van der Waals surface area contributed by atoms with Gasteiger partial charge in [0.2, 0.25) is 10.0 Å². The van der Waals surface area contributed by atoms with Gasteiger partial charge in [0.25, 0.3) is 0 Å². The molecule has 0 bridgehead atoms. The fourth-order valence-electron chi connectivity index (χ4n) is 2.25. The van der Waals surface area contributed by atoms with E-state index in [0.717, 1.165) is 12.8 Å². The van der Waals surface area contributed by atoms with Crippen molar-refractivity contribution in [1.82, 2.24) is 4.72 Å². The molecule has 0 saturated heterocycles. The summed E-state index contributed by atoms with van der Waals surface area (Å²) in [6, 6.07) is 3.84. The summed E-state index contributed by atoms with van der Waals surface area (Å²) in [5, 5.41) is 10.1. The number of sulfonamides is 1. The summed E-state index contributed by atoms with van der Waals surface area (Å²) < 4.78 is 27.0. The Balaban J connectivity index is 2.24. The molecule has 0 aromatic heterocycles. The van der Waals surface area contributed by atoms with Crippen LogP contribution in [0.15, 0.2) is 23.1 Å². The third kappa shape index (κ3) is 3.39. The van der Waals surface area contributed by atoms with E-state index < -0.39 is 22.2 Å². The minimum absolute atomic E-state index is 0.0437. The molecule has 19 heavy (non-hydrogen) atoms. The molecule has 2 rings (SSSR count). The number of aliphatic hydroxyl groups is 1. The Kier molecular flexibility index (Phi) is 4.35. The van der Waals surface area contributed by atoms with E-state index in [-0.39, 0.29) is 10.6 Å². The van der Waals surface area contributed by atoms with Crippen molar-refractivity contribution in [2.75, 3.05) is 5.73 Å². The van der Waals surface area contributed by atoms with Crippen molar-refractivity contribution in [2.45, 2.75) is 42.7 Å². The van der Waals surface area contributed by atoms with Crippen LogP contribution in [0.3, 0.4) is 0 Å². The molecule has 0 aliphatic heterocycles. The first kappa shape index (κ1) is 14.6. The summed E-state index contributed by atoms with van der Waals surface area (Å²) >= 11 is 5.80. The highest BCUT2D eigenvalue weighted by Crippen LogP contribution is 2.25. The number of nitrogens with two attached hydrogens (primary N) is 1. The van der Waals surface area contributed by atoms with Gasteiger partial charge in [0.15, 0.2) is 0 Å². The van der Waals surface area contributed by atoms with Gasteiger partial charge in [0.1, 0.15) is 4.90 Å². The summed E-state index contributed by atoms with van der Waals surface area (Å²) in [6.07, 6.45) is 2.40. The molecule has 1 saturated carbocycles. The van der Waals surface area contributed by atoms with Gasteiger partial charge in [-0.05, 0) is 31.0 Å². The summed E-state index contributed by atoms with van der Waals surface area (Å²) in [5.41, 5.74) is 5.82. The number of nitrogen functional groups attached to an aromatic ring is 1. The lowest BCUT2D eigenvalue weighted by Gasteiger charge is -2.28. The third-order valence-electron chi connectivity index (χ3n) is 3.30. The molecule has 1 fully saturated rings. The third-order valence-corrected chi connectivity index (χ3v) is 5.08. The van der Waals surface area contributed by atoms with Gasteiger partial charge >= 0.3 is 0 Å². The predicted octanol–water partition coefficient (Wildman–Crippen LogP) is 1.50. The largest absolute Gasteiger partial charge is 0.398 e. The van der Waals surface area contributed by atoms with Crippen LogP contribution in [-0.4, -0.2) is 25.7 Å². The normalized spacial score (nSPS) is 24.3. The summed E-state index contributed by atoms with van der Waals surface area (Å²) in [4.78, 5) is -0.0437. The van der Waals surface area contributed by atoms with E-state index in [1.165, 1.54) is 18.2 Å². The minimum atomic E-state index is -3.77. The van der Waals surface area contributed by atoms with Gasteiger partial charge in [-0.2, -0.15) is 0 Å². The van der Waals surface area contributed by atoms with Gasteiger partial charge in [-0.1, -0.05) is 24.4 Å².